The van der Waals surface area contributed by atoms with Gasteiger partial charge < -0.3 is 4.74 Å². The highest BCUT2D eigenvalue weighted by atomic mass is 16.5. The Kier molecular flexibility index (Phi) is 23.1. The highest BCUT2D eigenvalue weighted by Crippen LogP contribution is 2.14. The van der Waals surface area contributed by atoms with E-state index in [4.69, 9.17) is 0 Å². The molecule has 0 aromatic heterocycles. The zero-order valence-electron chi connectivity index (χ0n) is 17.4. The molecule has 1 nitrogen and oxygen atoms in total. The van der Waals surface area contributed by atoms with Crippen LogP contribution in [0.1, 0.15) is 135 Å². The average Bonchev–Trinajstić information content (AvgIpc) is 2.63. The van der Waals surface area contributed by atoms with Crippen molar-refractivity contribution in [3.05, 3.63) is 19.4 Å². The lowest BCUT2D eigenvalue weighted by Gasteiger charge is -2.03. The fourth-order valence-electron chi connectivity index (χ4n) is 3.48. The molecule has 0 fully saturated rings. The molecule has 0 aromatic rings. The van der Waals surface area contributed by atoms with Gasteiger partial charge in [0.1, 0.15) is 7.11 Å². The third-order valence-corrected chi connectivity index (χ3v) is 5.17. The zero-order chi connectivity index (χ0) is 18.3. The summed E-state index contributed by atoms with van der Waals surface area (Å²) in [5, 5.41) is 0. The molecule has 25 heavy (non-hydrogen) atoms. The Morgan fingerprint density at radius 1 is 0.520 bits per heavy atom. The summed E-state index contributed by atoms with van der Waals surface area (Å²) in [4.78, 5) is 0. The van der Waals surface area contributed by atoms with Crippen molar-refractivity contribution in [2.45, 2.75) is 135 Å². The van der Waals surface area contributed by atoms with Crippen LogP contribution in [-0.2, 0) is 4.74 Å². The van der Waals surface area contributed by atoms with Gasteiger partial charge in [0, 0.05) is 0 Å². The van der Waals surface area contributed by atoms with Crippen LogP contribution in [0.4, 0.5) is 0 Å². The molecule has 149 valence electrons. The van der Waals surface area contributed by atoms with Crippen LogP contribution in [0.5, 0.6) is 0 Å². The van der Waals surface area contributed by atoms with Crippen LogP contribution in [0.25, 0.3) is 0 Å². The molecule has 0 unspecified atom stereocenters. The molecule has 0 aliphatic rings. The van der Waals surface area contributed by atoms with Crippen molar-refractivity contribution in [1.82, 2.24) is 0 Å². The summed E-state index contributed by atoms with van der Waals surface area (Å²) in [5.74, 6) is 0. The Bertz CT molecular complexity index is 246. The number of hydrogen-bond donors (Lipinski definition) is 0. The van der Waals surface area contributed by atoms with E-state index in [-0.39, 0.29) is 0 Å². The number of allylic oxidation sites excluding steroid dienone is 1. The second-order valence-corrected chi connectivity index (χ2v) is 7.69. The highest BCUT2D eigenvalue weighted by molar-refractivity contribution is 4.72. The molecular weight excluding hydrogens is 304 g/mol. The SMILES string of the molecule is [CH2]O/C=C/CCCCCCCCCCCCCCCCCCCCC. The smallest absolute Gasteiger partial charge is 0.121 e. The first-order chi connectivity index (χ1) is 12.4. The second-order valence-electron chi connectivity index (χ2n) is 7.69. The molecular formula is C24H47O. The zero-order valence-corrected chi connectivity index (χ0v) is 17.4. The van der Waals surface area contributed by atoms with Crippen LogP contribution in [0.15, 0.2) is 12.3 Å². The molecule has 0 atom stereocenters. The minimum atomic E-state index is 1.13. The minimum absolute atomic E-state index is 1.13. The summed E-state index contributed by atoms with van der Waals surface area (Å²) in [6.45, 7) is 2.30. The number of hydrogen-bond acceptors (Lipinski definition) is 1. The van der Waals surface area contributed by atoms with Gasteiger partial charge in [-0.15, -0.1) is 0 Å². The molecule has 0 rings (SSSR count). The molecule has 0 saturated heterocycles. The number of rotatable bonds is 21. The lowest BCUT2D eigenvalue weighted by molar-refractivity contribution is 0.391. The molecule has 0 aliphatic carbocycles. The molecule has 0 aromatic carbocycles. The van der Waals surface area contributed by atoms with Gasteiger partial charge in [0.2, 0.25) is 0 Å². The van der Waals surface area contributed by atoms with E-state index < -0.39 is 0 Å². The summed E-state index contributed by atoms with van der Waals surface area (Å²) < 4.78 is 4.65. The maximum Gasteiger partial charge on any atom is 0.121 e. The monoisotopic (exact) mass is 351 g/mol. The minimum Gasteiger partial charge on any atom is -0.498 e. The normalized spacial score (nSPS) is 11.4. The number of unbranched alkanes of at least 4 members (excludes halogenated alkanes) is 19. The molecule has 1 radical (unpaired) electrons. The molecule has 0 amide bonds. The maximum atomic E-state index is 4.65. The van der Waals surface area contributed by atoms with Crippen molar-refractivity contribution in [2.24, 2.45) is 0 Å². The van der Waals surface area contributed by atoms with E-state index in [2.05, 4.69) is 24.8 Å². The quantitative estimate of drug-likeness (QED) is 0.148. The van der Waals surface area contributed by atoms with Gasteiger partial charge in [-0.1, -0.05) is 122 Å². The van der Waals surface area contributed by atoms with Gasteiger partial charge in [-0.05, 0) is 18.9 Å². The fourth-order valence-corrected chi connectivity index (χ4v) is 3.48. The summed E-state index contributed by atoms with van der Waals surface area (Å²) in [6, 6.07) is 0. The van der Waals surface area contributed by atoms with Gasteiger partial charge in [0.05, 0.1) is 6.26 Å². The van der Waals surface area contributed by atoms with Crippen molar-refractivity contribution in [3.63, 3.8) is 0 Å². The molecule has 0 aliphatic heterocycles. The van der Waals surface area contributed by atoms with E-state index in [0.717, 1.165) is 6.42 Å². The van der Waals surface area contributed by atoms with Gasteiger partial charge in [-0.25, -0.2) is 0 Å². The summed E-state index contributed by atoms with van der Waals surface area (Å²) in [6.07, 6.45) is 32.2. The first kappa shape index (κ1) is 24.5. The second kappa shape index (κ2) is 23.5. The predicted molar refractivity (Wildman–Crippen MR) is 114 cm³/mol. The van der Waals surface area contributed by atoms with E-state index >= 15 is 0 Å². The van der Waals surface area contributed by atoms with E-state index in [1.807, 2.05) is 0 Å². The lowest BCUT2D eigenvalue weighted by Crippen LogP contribution is -1.84. The summed E-state index contributed by atoms with van der Waals surface area (Å²) >= 11 is 0. The largest absolute Gasteiger partial charge is 0.498 e. The maximum absolute atomic E-state index is 4.65. The molecule has 0 bridgehead atoms. The Morgan fingerprint density at radius 3 is 1.16 bits per heavy atom. The first-order valence-electron chi connectivity index (χ1n) is 11.5. The van der Waals surface area contributed by atoms with Crippen molar-refractivity contribution in [1.29, 1.82) is 0 Å². The van der Waals surface area contributed by atoms with Crippen molar-refractivity contribution in [2.75, 3.05) is 0 Å². The van der Waals surface area contributed by atoms with Crippen LogP contribution in [-0.4, -0.2) is 0 Å². The van der Waals surface area contributed by atoms with Crippen LogP contribution in [0.3, 0.4) is 0 Å². The average molecular weight is 352 g/mol. The molecule has 0 saturated carbocycles. The molecule has 1 heteroatoms. The van der Waals surface area contributed by atoms with Crippen molar-refractivity contribution in [3.8, 4) is 0 Å². The van der Waals surface area contributed by atoms with Crippen molar-refractivity contribution >= 4 is 0 Å². The third-order valence-electron chi connectivity index (χ3n) is 5.17. The lowest BCUT2D eigenvalue weighted by atomic mass is 10.0. The van der Waals surface area contributed by atoms with E-state index in [1.54, 1.807) is 6.26 Å². The highest BCUT2D eigenvalue weighted by Gasteiger charge is 1.95. The standard InChI is InChI=1S/C24H47O/c1-3-4-5-6-7-8-9-10-11-12-13-14-15-16-17-18-19-20-21-22-23-24-25-2/h23-24H,2-22H2,1H3/b24-23+. The Balaban J connectivity index is 2.97. The van der Waals surface area contributed by atoms with Gasteiger partial charge in [-0.2, -0.15) is 0 Å². The molecule has 0 heterocycles. The van der Waals surface area contributed by atoms with Gasteiger partial charge in [0.25, 0.3) is 0 Å². The van der Waals surface area contributed by atoms with Crippen LogP contribution < -0.4 is 0 Å². The van der Waals surface area contributed by atoms with Gasteiger partial charge in [-0.3, -0.25) is 0 Å². The Labute approximate surface area is 160 Å². The summed E-state index contributed by atoms with van der Waals surface area (Å²) in [5.41, 5.74) is 0. The number of ether oxygens (including phenoxy) is 1. The molecule has 0 spiro atoms. The topological polar surface area (TPSA) is 9.23 Å². The van der Waals surface area contributed by atoms with E-state index in [0.29, 0.717) is 0 Å². The fraction of sp³-hybridized carbons (Fsp3) is 0.875. The molecule has 0 N–H and O–H groups in total. The third kappa shape index (κ3) is 23.5. The van der Waals surface area contributed by atoms with Crippen molar-refractivity contribution < 1.29 is 4.74 Å². The Morgan fingerprint density at radius 2 is 0.840 bits per heavy atom. The predicted octanol–water partition coefficient (Wildman–Crippen LogP) is 9.13. The van der Waals surface area contributed by atoms with E-state index in [1.165, 1.54) is 122 Å². The Hall–Kier alpha value is -0.460. The first-order valence-corrected chi connectivity index (χ1v) is 11.5. The van der Waals surface area contributed by atoms with E-state index in [9.17, 15) is 0 Å². The van der Waals surface area contributed by atoms with Gasteiger partial charge in [0.15, 0.2) is 0 Å². The van der Waals surface area contributed by atoms with Crippen LogP contribution in [0, 0.1) is 7.11 Å². The van der Waals surface area contributed by atoms with Crippen LogP contribution >= 0.6 is 0 Å². The van der Waals surface area contributed by atoms with Gasteiger partial charge >= 0.3 is 0 Å². The van der Waals surface area contributed by atoms with Crippen LogP contribution in [0.2, 0.25) is 0 Å². The summed E-state index contributed by atoms with van der Waals surface area (Å²) in [7, 11) is 3.32.